The fourth-order valence-corrected chi connectivity index (χ4v) is 1.62. The van der Waals surface area contributed by atoms with Crippen molar-refractivity contribution in [3.8, 4) is 0 Å². The van der Waals surface area contributed by atoms with Crippen molar-refractivity contribution in [2.24, 2.45) is 0 Å². The molecule has 0 bridgehead atoms. The van der Waals surface area contributed by atoms with Crippen molar-refractivity contribution >= 4 is 29.0 Å². The fraction of sp³-hybridized carbons (Fsp3) is 0.0769. The minimum absolute atomic E-state index is 0.164. The zero-order valence-electron chi connectivity index (χ0n) is 9.56. The van der Waals surface area contributed by atoms with E-state index in [-0.39, 0.29) is 12.3 Å². The molecular weight excluding hydrogens is 250 g/mol. The molecule has 3 N–H and O–H groups in total. The second-order valence-corrected chi connectivity index (χ2v) is 4.22. The molecule has 92 valence electrons. The Morgan fingerprint density at radius 3 is 2.72 bits per heavy atom. The molecular formula is C13H12ClN3O. The zero-order chi connectivity index (χ0) is 13.0. The number of nitrogen functional groups attached to an aromatic ring is 1. The molecule has 2 rings (SSSR count). The van der Waals surface area contributed by atoms with Gasteiger partial charge in [0.25, 0.3) is 0 Å². The van der Waals surface area contributed by atoms with Gasteiger partial charge in [-0.1, -0.05) is 29.8 Å². The Kier molecular flexibility index (Phi) is 3.79. The smallest absolute Gasteiger partial charge is 0.230 e. The van der Waals surface area contributed by atoms with Crippen LogP contribution in [0.2, 0.25) is 5.02 Å². The van der Waals surface area contributed by atoms with Crippen LogP contribution in [0.15, 0.2) is 42.6 Å². The standard InChI is InChI=1S/C13H12ClN3O/c14-10-5-6-12(16-8-10)17-13(18)7-9-3-1-2-4-11(9)15/h1-6,8H,7,15H2,(H,16,17,18). The molecule has 1 heterocycles. The maximum absolute atomic E-state index is 11.8. The summed E-state index contributed by atoms with van der Waals surface area (Å²) in [4.78, 5) is 15.8. The van der Waals surface area contributed by atoms with E-state index in [9.17, 15) is 4.79 Å². The average Bonchev–Trinajstić information content (AvgIpc) is 2.35. The fourth-order valence-electron chi connectivity index (χ4n) is 1.50. The lowest BCUT2D eigenvalue weighted by Crippen LogP contribution is -2.16. The van der Waals surface area contributed by atoms with Crippen molar-refractivity contribution < 1.29 is 4.79 Å². The third-order valence-electron chi connectivity index (χ3n) is 2.40. The van der Waals surface area contributed by atoms with E-state index in [1.807, 2.05) is 18.2 Å². The summed E-state index contributed by atoms with van der Waals surface area (Å²) < 4.78 is 0. The van der Waals surface area contributed by atoms with E-state index in [1.165, 1.54) is 6.20 Å². The molecule has 0 fully saturated rings. The molecule has 1 amide bonds. The van der Waals surface area contributed by atoms with Gasteiger partial charge in [0.15, 0.2) is 0 Å². The monoisotopic (exact) mass is 261 g/mol. The molecule has 0 aliphatic carbocycles. The highest BCUT2D eigenvalue weighted by Crippen LogP contribution is 2.13. The molecule has 2 aromatic rings. The van der Waals surface area contributed by atoms with Gasteiger partial charge in [0.2, 0.25) is 5.91 Å². The summed E-state index contributed by atoms with van der Waals surface area (Å²) in [6.45, 7) is 0. The SMILES string of the molecule is Nc1ccccc1CC(=O)Nc1ccc(Cl)cn1. The van der Waals surface area contributed by atoms with Gasteiger partial charge < -0.3 is 11.1 Å². The lowest BCUT2D eigenvalue weighted by molar-refractivity contribution is -0.115. The predicted molar refractivity (Wildman–Crippen MR) is 72.4 cm³/mol. The molecule has 0 radical (unpaired) electrons. The highest BCUT2D eigenvalue weighted by atomic mass is 35.5. The van der Waals surface area contributed by atoms with Gasteiger partial charge in [-0.15, -0.1) is 0 Å². The predicted octanol–water partition coefficient (Wildman–Crippen LogP) is 2.50. The number of anilines is 2. The number of para-hydroxylation sites is 1. The Hall–Kier alpha value is -2.07. The van der Waals surface area contributed by atoms with Crippen LogP contribution >= 0.6 is 11.6 Å². The molecule has 0 spiro atoms. The summed E-state index contributed by atoms with van der Waals surface area (Å²) in [5.74, 6) is 0.307. The number of carbonyl (C=O) groups is 1. The van der Waals surface area contributed by atoms with Crippen LogP contribution in [0.5, 0.6) is 0 Å². The molecule has 4 nitrogen and oxygen atoms in total. The number of nitrogens with zero attached hydrogens (tertiary/aromatic N) is 1. The van der Waals surface area contributed by atoms with Gasteiger partial charge >= 0.3 is 0 Å². The van der Waals surface area contributed by atoms with Gasteiger partial charge in [-0.2, -0.15) is 0 Å². The van der Waals surface area contributed by atoms with E-state index >= 15 is 0 Å². The summed E-state index contributed by atoms with van der Waals surface area (Å²) in [6.07, 6.45) is 1.70. The number of amides is 1. The Labute approximate surface area is 110 Å². The highest BCUT2D eigenvalue weighted by molar-refractivity contribution is 6.30. The van der Waals surface area contributed by atoms with Crippen LogP contribution in [0.25, 0.3) is 0 Å². The maximum Gasteiger partial charge on any atom is 0.230 e. The lowest BCUT2D eigenvalue weighted by Gasteiger charge is -2.06. The molecule has 0 aliphatic heterocycles. The van der Waals surface area contributed by atoms with E-state index in [1.54, 1.807) is 18.2 Å². The number of hydrogen-bond acceptors (Lipinski definition) is 3. The van der Waals surface area contributed by atoms with Gasteiger partial charge in [0.1, 0.15) is 5.82 Å². The first-order valence-corrected chi connectivity index (χ1v) is 5.78. The average molecular weight is 262 g/mol. The number of halogens is 1. The van der Waals surface area contributed by atoms with Crippen LogP contribution < -0.4 is 11.1 Å². The van der Waals surface area contributed by atoms with E-state index in [0.717, 1.165) is 5.56 Å². The number of aromatic nitrogens is 1. The van der Waals surface area contributed by atoms with Crippen molar-refractivity contribution in [2.75, 3.05) is 11.1 Å². The Morgan fingerprint density at radius 1 is 1.28 bits per heavy atom. The molecule has 0 saturated heterocycles. The highest BCUT2D eigenvalue weighted by Gasteiger charge is 2.06. The number of pyridine rings is 1. The number of hydrogen-bond donors (Lipinski definition) is 2. The van der Waals surface area contributed by atoms with Crippen LogP contribution in [0.4, 0.5) is 11.5 Å². The molecule has 0 unspecified atom stereocenters. The van der Waals surface area contributed by atoms with Crippen LogP contribution in [-0.2, 0) is 11.2 Å². The van der Waals surface area contributed by atoms with Crippen molar-refractivity contribution in [2.45, 2.75) is 6.42 Å². The maximum atomic E-state index is 11.8. The van der Waals surface area contributed by atoms with E-state index in [2.05, 4.69) is 10.3 Å². The summed E-state index contributed by atoms with van der Waals surface area (Å²) in [5, 5.41) is 3.21. The van der Waals surface area contributed by atoms with Crippen molar-refractivity contribution in [1.29, 1.82) is 0 Å². The van der Waals surface area contributed by atoms with E-state index in [0.29, 0.717) is 16.5 Å². The van der Waals surface area contributed by atoms with Gasteiger partial charge in [0.05, 0.1) is 11.4 Å². The van der Waals surface area contributed by atoms with Gasteiger partial charge in [0, 0.05) is 11.9 Å². The van der Waals surface area contributed by atoms with Crippen LogP contribution in [0.3, 0.4) is 0 Å². The third-order valence-corrected chi connectivity index (χ3v) is 2.62. The normalized spacial score (nSPS) is 10.1. The summed E-state index contributed by atoms with van der Waals surface area (Å²) in [5.41, 5.74) is 7.17. The number of nitrogens with one attached hydrogen (secondary N) is 1. The van der Waals surface area contributed by atoms with Crippen LogP contribution in [0.1, 0.15) is 5.56 Å². The van der Waals surface area contributed by atoms with E-state index < -0.39 is 0 Å². The van der Waals surface area contributed by atoms with Crippen molar-refractivity contribution in [3.05, 3.63) is 53.2 Å². The third kappa shape index (κ3) is 3.21. The number of rotatable bonds is 3. The molecule has 0 saturated carbocycles. The molecule has 1 aromatic carbocycles. The quantitative estimate of drug-likeness (QED) is 0.834. The van der Waals surface area contributed by atoms with Gasteiger partial charge in [-0.25, -0.2) is 4.98 Å². The summed E-state index contributed by atoms with van der Waals surface area (Å²) >= 11 is 5.71. The minimum Gasteiger partial charge on any atom is -0.398 e. The summed E-state index contributed by atoms with van der Waals surface area (Å²) in [7, 11) is 0. The van der Waals surface area contributed by atoms with Gasteiger partial charge in [-0.05, 0) is 23.8 Å². The Morgan fingerprint density at radius 2 is 2.06 bits per heavy atom. The largest absolute Gasteiger partial charge is 0.398 e. The summed E-state index contributed by atoms with van der Waals surface area (Å²) in [6, 6.07) is 10.6. The molecule has 18 heavy (non-hydrogen) atoms. The first kappa shape index (κ1) is 12.4. The Bertz CT molecular complexity index is 554. The zero-order valence-corrected chi connectivity index (χ0v) is 10.3. The van der Waals surface area contributed by atoms with E-state index in [4.69, 9.17) is 17.3 Å². The second-order valence-electron chi connectivity index (χ2n) is 3.79. The van der Waals surface area contributed by atoms with Crippen molar-refractivity contribution in [3.63, 3.8) is 0 Å². The number of benzene rings is 1. The second kappa shape index (κ2) is 5.51. The van der Waals surface area contributed by atoms with Crippen molar-refractivity contribution in [1.82, 2.24) is 4.98 Å². The molecule has 5 heteroatoms. The van der Waals surface area contributed by atoms with Crippen LogP contribution in [-0.4, -0.2) is 10.9 Å². The number of carbonyl (C=O) groups excluding carboxylic acids is 1. The Balaban J connectivity index is 2.01. The molecule has 0 atom stereocenters. The number of nitrogens with two attached hydrogens (primary N) is 1. The lowest BCUT2D eigenvalue weighted by atomic mass is 10.1. The first-order chi connectivity index (χ1) is 8.65. The van der Waals surface area contributed by atoms with Gasteiger partial charge in [-0.3, -0.25) is 4.79 Å². The topological polar surface area (TPSA) is 68.0 Å². The van der Waals surface area contributed by atoms with Crippen LogP contribution in [0, 0.1) is 0 Å². The minimum atomic E-state index is -0.164. The molecule has 0 aliphatic rings. The first-order valence-electron chi connectivity index (χ1n) is 5.40. The molecule has 1 aromatic heterocycles.